The number of carbonyl (C=O) groups excluding carboxylic acids is 1. The Morgan fingerprint density at radius 2 is 1.75 bits per heavy atom. The minimum atomic E-state index is 0.0721. The van der Waals surface area contributed by atoms with Crippen molar-refractivity contribution in [3.8, 4) is 0 Å². The summed E-state index contributed by atoms with van der Waals surface area (Å²) in [6, 6.07) is 25.7. The highest BCUT2D eigenvalue weighted by molar-refractivity contribution is 5.78. The summed E-state index contributed by atoms with van der Waals surface area (Å²) in [4.78, 5) is 17.4. The Bertz CT molecular complexity index is 1060. The normalized spacial score (nSPS) is 14.5. The number of benzene rings is 3. The van der Waals surface area contributed by atoms with Crippen molar-refractivity contribution >= 4 is 11.6 Å². The average Bonchev–Trinajstić information content (AvgIpc) is 2.79. The summed E-state index contributed by atoms with van der Waals surface area (Å²) >= 11 is 0. The first-order chi connectivity index (χ1) is 15.5. The molecule has 0 saturated heterocycles. The van der Waals surface area contributed by atoms with Crippen molar-refractivity contribution in [2.24, 2.45) is 0 Å². The van der Waals surface area contributed by atoms with Gasteiger partial charge in [-0.1, -0.05) is 66.2 Å². The zero-order chi connectivity index (χ0) is 22.5. The monoisotopic (exact) mass is 427 g/mol. The molecule has 1 aliphatic rings. The molecule has 0 aromatic heterocycles. The smallest absolute Gasteiger partial charge is 0.224 e. The van der Waals surface area contributed by atoms with Gasteiger partial charge in [-0.15, -0.1) is 0 Å². The number of hydrogen-bond donors (Lipinski definition) is 1. The molecule has 1 heterocycles. The Balaban J connectivity index is 1.50. The molecule has 0 spiro atoms. The number of hydrogen-bond acceptors (Lipinski definition) is 3. The van der Waals surface area contributed by atoms with Gasteiger partial charge in [-0.25, -0.2) is 0 Å². The third-order valence-corrected chi connectivity index (χ3v) is 6.33. The third-order valence-electron chi connectivity index (χ3n) is 6.33. The van der Waals surface area contributed by atoms with E-state index in [-0.39, 0.29) is 11.9 Å². The molecular weight excluding hydrogens is 394 g/mol. The lowest BCUT2D eigenvalue weighted by Crippen LogP contribution is -2.41. The summed E-state index contributed by atoms with van der Waals surface area (Å²) < 4.78 is 0. The van der Waals surface area contributed by atoms with E-state index < -0.39 is 0 Å². The molecular formula is C28H33N3O. The molecule has 0 aliphatic carbocycles. The molecule has 1 atom stereocenters. The van der Waals surface area contributed by atoms with Gasteiger partial charge in [0.1, 0.15) is 0 Å². The largest absolute Gasteiger partial charge is 0.378 e. The first-order valence-electron chi connectivity index (χ1n) is 11.4. The molecule has 1 aliphatic heterocycles. The van der Waals surface area contributed by atoms with Crippen molar-refractivity contribution < 1.29 is 4.79 Å². The quantitative estimate of drug-likeness (QED) is 0.602. The molecule has 1 N–H and O–H groups in total. The summed E-state index contributed by atoms with van der Waals surface area (Å²) in [5, 5.41) is 3.22. The number of anilines is 1. The zero-order valence-electron chi connectivity index (χ0n) is 19.3. The maximum Gasteiger partial charge on any atom is 0.224 e. The van der Waals surface area contributed by atoms with E-state index >= 15 is 0 Å². The van der Waals surface area contributed by atoms with Crippen LogP contribution in [-0.2, 0) is 24.2 Å². The summed E-state index contributed by atoms with van der Waals surface area (Å²) in [6.07, 6.45) is 1.45. The summed E-state index contributed by atoms with van der Waals surface area (Å²) in [6.45, 7) is 4.56. The molecule has 0 fully saturated rings. The highest BCUT2D eigenvalue weighted by Crippen LogP contribution is 2.28. The van der Waals surface area contributed by atoms with E-state index in [1.807, 2.05) is 12.1 Å². The van der Waals surface area contributed by atoms with Crippen LogP contribution in [0.4, 0.5) is 5.69 Å². The summed E-state index contributed by atoms with van der Waals surface area (Å²) in [5.41, 5.74) is 7.49. The number of fused-ring (bicyclic) bond motifs is 1. The second-order valence-electron chi connectivity index (χ2n) is 8.96. The van der Waals surface area contributed by atoms with Crippen LogP contribution in [0, 0.1) is 6.92 Å². The van der Waals surface area contributed by atoms with E-state index in [9.17, 15) is 4.79 Å². The molecule has 1 amide bonds. The van der Waals surface area contributed by atoms with Gasteiger partial charge in [0.25, 0.3) is 0 Å². The first-order valence-corrected chi connectivity index (χ1v) is 11.4. The van der Waals surface area contributed by atoms with Crippen LogP contribution in [0.25, 0.3) is 0 Å². The lowest BCUT2D eigenvalue weighted by Gasteiger charge is -2.36. The Morgan fingerprint density at radius 3 is 2.47 bits per heavy atom. The van der Waals surface area contributed by atoms with Gasteiger partial charge in [0.15, 0.2) is 0 Å². The summed E-state index contributed by atoms with van der Waals surface area (Å²) in [7, 11) is 4.11. The van der Waals surface area contributed by atoms with Crippen molar-refractivity contribution in [1.29, 1.82) is 0 Å². The second-order valence-corrected chi connectivity index (χ2v) is 8.96. The Hall–Kier alpha value is -3.11. The predicted molar refractivity (Wildman–Crippen MR) is 132 cm³/mol. The van der Waals surface area contributed by atoms with Gasteiger partial charge in [-0.2, -0.15) is 0 Å². The van der Waals surface area contributed by atoms with Crippen LogP contribution >= 0.6 is 0 Å². The number of nitrogens with zero attached hydrogens (tertiary/aromatic N) is 2. The highest BCUT2D eigenvalue weighted by atomic mass is 16.1. The highest BCUT2D eigenvalue weighted by Gasteiger charge is 2.25. The van der Waals surface area contributed by atoms with Crippen LogP contribution in [0.1, 0.15) is 33.9 Å². The van der Waals surface area contributed by atoms with Gasteiger partial charge in [0.2, 0.25) is 5.91 Å². The van der Waals surface area contributed by atoms with E-state index in [0.717, 1.165) is 25.1 Å². The van der Waals surface area contributed by atoms with Crippen LogP contribution < -0.4 is 10.2 Å². The van der Waals surface area contributed by atoms with E-state index in [1.165, 1.54) is 27.9 Å². The molecule has 4 rings (SSSR count). The van der Waals surface area contributed by atoms with Crippen molar-refractivity contribution in [2.75, 3.05) is 32.1 Å². The van der Waals surface area contributed by atoms with Gasteiger partial charge < -0.3 is 10.2 Å². The number of amides is 1. The molecule has 32 heavy (non-hydrogen) atoms. The van der Waals surface area contributed by atoms with Gasteiger partial charge >= 0.3 is 0 Å². The lowest BCUT2D eigenvalue weighted by molar-refractivity contribution is -0.120. The van der Waals surface area contributed by atoms with E-state index in [1.54, 1.807) is 0 Å². The topological polar surface area (TPSA) is 35.6 Å². The van der Waals surface area contributed by atoms with Crippen molar-refractivity contribution in [3.05, 3.63) is 101 Å². The van der Waals surface area contributed by atoms with Gasteiger partial charge in [-0.05, 0) is 47.7 Å². The molecule has 0 bridgehead atoms. The molecule has 4 nitrogen and oxygen atoms in total. The van der Waals surface area contributed by atoms with Crippen LogP contribution in [0.3, 0.4) is 0 Å². The van der Waals surface area contributed by atoms with Crippen molar-refractivity contribution in [2.45, 2.75) is 32.4 Å². The Labute approximate surface area is 191 Å². The molecule has 4 heteroatoms. The van der Waals surface area contributed by atoms with E-state index in [0.29, 0.717) is 13.0 Å². The molecule has 0 unspecified atom stereocenters. The first kappa shape index (κ1) is 22.1. The number of carbonyl (C=O) groups is 1. The SMILES string of the molecule is Cc1cccc(CC(=O)NC[C@H](c2ccc(N(C)C)cc2)N2CCc3ccccc3C2)c1. The van der Waals surface area contributed by atoms with Gasteiger partial charge in [0, 0.05) is 39.4 Å². The van der Waals surface area contributed by atoms with E-state index in [2.05, 4.69) is 96.8 Å². The average molecular weight is 428 g/mol. The fraction of sp³-hybridized carbons (Fsp3) is 0.321. The van der Waals surface area contributed by atoms with E-state index in [4.69, 9.17) is 0 Å². The maximum atomic E-state index is 12.7. The van der Waals surface area contributed by atoms with Crippen LogP contribution in [0.15, 0.2) is 72.8 Å². The van der Waals surface area contributed by atoms with Crippen LogP contribution in [-0.4, -0.2) is 38.0 Å². The Kier molecular flexibility index (Phi) is 6.91. The minimum Gasteiger partial charge on any atom is -0.378 e. The lowest BCUT2D eigenvalue weighted by atomic mass is 9.96. The zero-order valence-corrected chi connectivity index (χ0v) is 19.3. The predicted octanol–water partition coefficient (Wildman–Crippen LogP) is 4.52. The standard InChI is InChI=1S/C28H33N3O/c1-21-7-6-8-22(17-21)18-28(32)29-19-27(24-11-13-26(14-12-24)30(2)3)31-16-15-23-9-4-5-10-25(23)20-31/h4-14,17,27H,15-16,18-20H2,1-3H3,(H,29,32)/t27-/m1/s1. The summed E-state index contributed by atoms with van der Waals surface area (Å²) in [5.74, 6) is 0.0721. The van der Waals surface area contributed by atoms with Gasteiger partial charge in [0.05, 0.1) is 12.5 Å². The van der Waals surface area contributed by atoms with Crippen molar-refractivity contribution in [3.63, 3.8) is 0 Å². The molecule has 0 radical (unpaired) electrons. The number of nitrogens with one attached hydrogen (secondary N) is 1. The van der Waals surface area contributed by atoms with Crippen LogP contribution in [0.5, 0.6) is 0 Å². The Morgan fingerprint density at radius 1 is 1.00 bits per heavy atom. The molecule has 166 valence electrons. The number of aryl methyl sites for hydroxylation is 1. The fourth-order valence-electron chi connectivity index (χ4n) is 4.52. The van der Waals surface area contributed by atoms with Crippen molar-refractivity contribution in [1.82, 2.24) is 10.2 Å². The molecule has 3 aromatic rings. The van der Waals surface area contributed by atoms with Crippen LogP contribution in [0.2, 0.25) is 0 Å². The number of rotatable bonds is 7. The molecule has 3 aromatic carbocycles. The minimum absolute atomic E-state index is 0.0721. The maximum absolute atomic E-state index is 12.7. The van der Waals surface area contributed by atoms with Gasteiger partial charge in [-0.3, -0.25) is 9.69 Å². The third kappa shape index (κ3) is 5.38. The fourth-order valence-corrected chi connectivity index (χ4v) is 4.52. The second kappa shape index (κ2) is 10.0. The molecule has 0 saturated carbocycles.